The molecule has 0 spiro atoms. The zero-order valence-corrected chi connectivity index (χ0v) is 34.0. The highest BCUT2D eigenvalue weighted by Gasteiger charge is 2.58. The number of carbonyl (C=O) groups excluding carboxylic acids is 3. The van der Waals surface area contributed by atoms with Crippen LogP contribution >= 0.6 is 11.6 Å². The Balaban J connectivity index is 1.23. The van der Waals surface area contributed by atoms with Crippen LogP contribution in [0.5, 0.6) is 23.0 Å². The molecule has 6 heterocycles. The van der Waals surface area contributed by atoms with Crippen LogP contribution in [0.25, 0.3) is 5.57 Å². The molecule has 3 aromatic rings. The molecule has 6 aliphatic heterocycles. The Morgan fingerprint density at radius 2 is 1.85 bits per heavy atom. The highest BCUT2D eigenvalue weighted by Crippen LogP contribution is 2.58. The lowest BCUT2D eigenvalue weighted by molar-refractivity contribution is -0.329. The van der Waals surface area contributed by atoms with E-state index in [2.05, 4.69) is 11.9 Å². The zero-order valence-electron chi connectivity index (χ0n) is 33.3. The molecule has 8 atom stereocenters. The summed E-state index contributed by atoms with van der Waals surface area (Å²) in [5, 5.41) is 36.9. The number of hydrogen-bond donors (Lipinski definition) is 5. The summed E-state index contributed by atoms with van der Waals surface area (Å²) in [6.07, 6.45) is -1.61. The average molecular weight is 846 g/mol. The average Bonchev–Trinajstić information content (AvgIpc) is 3.70. The number of rotatable bonds is 6. The Morgan fingerprint density at radius 1 is 1.08 bits per heavy atom. The van der Waals surface area contributed by atoms with Crippen LogP contribution in [0.2, 0.25) is 5.02 Å². The summed E-state index contributed by atoms with van der Waals surface area (Å²) < 4.78 is 42.6. The highest BCUT2D eigenvalue weighted by atomic mass is 35.5. The van der Waals surface area contributed by atoms with Gasteiger partial charge in [0.2, 0.25) is 0 Å². The van der Waals surface area contributed by atoms with E-state index >= 15 is 0 Å². The standard InChI is InChI=1S/C43H44ClN3O13/c1-19-39(52)46-33-25(15-22(54-6)16-30(33)56-19)40(53)57-31-18-55-32(49)17-28(45)21-13-27(44)36(29(48)14-21)58-38-23-10-9-20(31)12-24(23)26-8-7-11-43(26,38)60-41-35(51)34(50)37(47(4)5)42(2,3)59-41/h7-16,28,31,34-35,37-38,41,48,50-51H,1,17-18,45H2,2-6H3,(H,46,52)/t28?,31?,34-,35?,37-,38?,41+,43?/m1/s1. The Bertz CT molecular complexity index is 2360. The number of nitrogens with two attached hydrogens (primary N) is 1. The Kier molecular flexibility index (Phi) is 10.5. The molecule has 0 saturated carbocycles. The van der Waals surface area contributed by atoms with E-state index in [0.29, 0.717) is 27.8 Å². The monoisotopic (exact) mass is 845 g/mol. The highest BCUT2D eigenvalue weighted by molar-refractivity contribution is 6.32. The summed E-state index contributed by atoms with van der Waals surface area (Å²) in [7, 11) is 4.94. The van der Waals surface area contributed by atoms with Crippen LogP contribution < -0.4 is 25.3 Å². The van der Waals surface area contributed by atoms with Crippen LogP contribution in [-0.4, -0.2) is 102 Å². The third-order valence-electron chi connectivity index (χ3n) is 11.4. The van der Waals surface area contributed by atoms with Crippen molar-refractivity contribution in [3.63, 3.8) is 0 Å². The van der Waals surface area contributed by atoms with Crippen molar-refractivity contribution in [3.05, 3.63) is 106 Å². The molecule has 17 heteroatoms. The Labute approximate surface area is 349 Å². The molecule has 1 fully saturated rings. The van der Waals surface area contributed by atoms with E-state index in [-0.39, 0.29) is 51.5 Å². The van der Waals surface area contributed by atoms with E-state index < -0.39 is 78.4 Å². The number of aliphatic hydroxyl groups is 2. The molecule has 16 nitrogen and oxygen atoms in total. The molecule has 316 valence electrons. The topological polar surface area (TPSA) is 218 Å². The van der Waals surface area contributed by atoms with Gasteiger partial charge in [-0.2, -0.15) is 0 Å². The first-order chi connectivity index (χ1) is 28.4. The number of amides is 1. The third kappa shape index (κ3) is 6.97. The summed E-state index contributed by atoms with van der Waals surface area (Å²) >= 11 is 6.77. The maximum Gasteiger partial charge on any atom is 0.341 e. The molecule has 3 aromatic carbocycles. The number of nitrogens with zero attached hydrogens (tertiary/aromatic N) is 1. The van der Waals surface area contributed by atoms with Gasteiger partial charge in [-0.05, 0) is 80.5 Å². The molecule has 6 bridgehead atoms. The van der Waals surface area contributed by atoms with Gasteiger partial charge in [0.25, 0.3) is 5.91 Å². The van der Waals surface area contributed by atoms with Crippen molar-refractivity contribution in [1.82, 2.24) is 4.90 Å². The number of phenolic OH excluding ortho intramolecular Hbond substituents is 1. The first-order valence-corrected chi connectivity index (χ1v) is 19.4. The van der Waals surface area contributed by atoms with Crippen molar-refractivity contribution in [3.8, 4) is 23.0 Å². The molecule has 2 aliphatic carbocycles. The number of aromatic hydroxyl groups is 1. The number of aliphatic hydroxyl groups excluding tert-OH is 2. The molecular formula is C43H44ClN3O13. The number of hydrogen-bond acceptors (Lipinski definition) is 15. The smallest absolute Gasteiger partial charge is 0.341 e. The van der Waals surface area contributed by atoms with E-state index in [0.717, 1.165) is 0 Å². The molecule has 0 aromatic heterocycles. The van der Waals surface area contributed by atoms with Gasteiger partial charge >= 0.3 is 11.9 Å². The summed E-state index contributed by atoms with van der Waals surface area (Å²) in [4.78, 5) is 41.7. The maximum absolute atomic E-state index is 14.1. The predicted octanol–water partition coefficient (Wildman–Crippen LogP) is 4.37. The molecule has 0 radical (unpaired) electrons. The van der Waals surface area contributed by atoms with Crippen molar-refractivity contribution in [2.75, 3.05) is 33.1 Å². The number of ether oxygens (including phenoxy) is 7. The van der Waals surface area contributed by atoms with Crippen LogP contribution in [0.1, 0.15) is 71.1 Å². The van der Waals surface area contributed by atoms with Gasteiger partial charge in [0, 0.05) is 17.7 Å². The van der Waals surface area contributed by atoms with Crippen LogP contribution in [0, 0.1) is 0 Å². The van der Waals surface area contributed by atoms with Gasteiger partial charge in [0.05, 0.1) is 41.4 Å². The fourth-order valence-electron chi connectivity index (χ4n) is 8.63. The number of benzene rings is 3. The quantitative estimate of drug-likeness (QED) is 0.172. The number of carbonyl (C=O) groups is 3. The van der Waals surface area contributed by atoms with E-state index in [1.807, 2.05) is 0 Å². The molecule has 6 N–H and O–H groups in total. The molecule has 1 amide bonds. The fourth-order valence-corrected chi connectivity index (χ4v) is 8.90. The minimum absolute atomic E-state index is 0.00872. The lowest BCUT2D eigenvalue weighted by atomic mass is 9.86. The second kappa shape index (κ2) is 15.2. The minimum Gasteiger partial charge on any atom is -0.504 e. The first kappa shape index (κ1) is 41.3. The van der Waals surface area contributed by atoms with E-state index in [1.165, 1.54) is 31.4 Å². The van der Waals surface area contributed by atoms with Crippen LogP contribution in [0.3, 0.4) is 0 Å². The summed E-state index contributed by atoms with van der Waals surface area (Å²) in [6, 6.07) is 9.16. The van der Waals surface area contributed by atoms with Crippen molar-refractivity contribution in [2.24, 2.45) is 5.73 Å². The van der Waals surface area contributed by atoms with Crippen molar-refractivity contribution in [1.29, 1.82) is 0 Å². The number of halogens is 1. The number of fused-ring (bicyclic) bond motifs is 2. The maximum atomic E-state index is 14.1. The number of allylic oxidation sites excluding steroid dienone is 2. The summed E-state index contributed by atoms with van der Waals surface area (Å²) in [6.45, 7) is 6.71. The van der Waals surface area contributed by atoms with Gasteiger partial charge in [0.1, 0.15) is 24.6 Å². The van der Waals surface area contributed by atoms with Crippen LogP contribution in [0.4, 0.5) is 5.69 Å². The number of esters is 2. The van der Waals surface area contributed by atoms with Gasteiger partial charge in [-0.15, -0.1) is 0 Å². The molecule has 60 heavy (non-hydrogen) atoms. The van der Waals surface area contributed by atoms with E-state index in [9.17, 15) is 29.7 Å². The van der Waals surface area contributed by atoms with Gasteiger partial charge in [-0.25, -0.2) is 4.79 Å². The van der Waals surface area contributed by atoms with Gasteiger partial charge in [0.15, 0.2) is 47.1 Å². The Hall–Kier alpha value is -5.46. The number of nitrogens with one attached hydrogen (secondary N) is 1. The molecular weight excluding hydrogens is 802 g/mol. The van der Waals surface area contributed by atoms with E-state index in [1.54, 1.807) is 69.3 Å². The SMILES string of the molecule is C=C1Oc2cc(OC)cc(C(=O)OC3COC(=O)CC(N)c4cc(O)c(c(Cl)c4)OC4c5ccc3cc5C3=CC=CC34O[C@@H]3OC(C)(C)[C@H](N(C)C)[C@H](O)C3O)c2NC1=O. The lowest BCUT2D eigenvalue weighted by Gasteiger charge is -2.51. The lowest BCUT2D eigenvalue weighted by Crippen LogP contribution is -2.67. The van der Waals surface area contributed by atoms with Crippen molar-refractivity contribution >= 4 is 40.7 Å². The van der Waals surface area contributed by atoms with Gasteiger partial charge in [-0.3, -0.25) is 9.59 Å². The fraction of sp³-hybridized carbons (Fsp3) is 0.372. The summed E-state index contributed by atoms with van der Waals surface area (Å²) in [5.74, 6) is -2.66. The predicted molar refractivity (Wildman–Crippen MR) is 214 cm³/mol. The van der Waals surface area contributed by atoms with Crippen LogP contribution in [0.15, 0.2) is 73.0 Å². The number of phenols is 1. The van der Waals surface area contributed by atoms with Gasteiger partial charge in [-0.1, -0.05) is 42.5 Å². The Morgan fingerprint density at radius 3 is 2.57 bits per heavy atom. The number of methoxy groups -OCH3 is 1. The molecule has 1 saturated heterocycles. The number of anilines is 1. The second-order valence-corrected chi connectivity index (χ2v) is 16.3. The van der Waals surface area contributed by atoms with Gasteiger partial charge < -0.3 is 64.4 Å². The third-order valence-corrected chi connectivity index (χ3v) is 11.7. The largest absolute Gasteiger partial charge is 0.504 e. The second-order valence-electron chi connectivity index (χ2n) is 15.9. The minimum atomic E-state index is -1.55. The summed E-state index contributed by atoms with van der Waals surface area (Å²) in [5.41, 5.74) is 6.07. The molecule has 11 rings (SSSR count). The van der Waals surface area contributed by atoms with Crippen molar-refractivity contribution in [2.45, 2.75) is 74.3 Å². The van der Waals surface area contributed by atoms with Crippen LogP contribution in [-0.2, 0) is 28.5 Å². The molecule has 5 unspecified atom stereocenters. The molecule has 8 aliphatic rings. The van der Waals surface area contributed by atoms with E-state index in [4.69, 9.17) is 50.5 Å². The zero-order chi connectivity index (χ0) is 43.0. The number of likely N-dealkylation sites (N-methyl/N-ethyl adjacent to an activating group) is 1. The first-order valence-electron chi connectivity index (χ1n) is 19.1. The normalized spacial score (nSPS) is 28.9. The van der Waals surface area contributed by atoms with Crippen molar-refractivity contribution < 1.29 is 62.9 Å².